The first-order chi connectivity index (χ1) is 8.25. The normalized spacial score (nSPS) is 15.7. The number of halogens is 1. The van der Waals surface area contributed by atoms with E-state index in [9.17, 15) is 4.79 Å². The van der Waals surface area contributed by atoms with Crippen molar-refractivity contribution >= 4 is 29.3 Å². The van der Waals surface area contributed by atoms with Gasteiger partial charge in [-0.15, -0.1) is 11.8 Å². The van der Waals surface area contributed by atoms with Crippen LogP contribution in [-0.4, -0.2) is 35.6 Å². The second-order valence-electron chi connectivity index (χ2n) is 3.79. The molecule has 1 aliphatic rings. The smallest absolute Gasteiger partial charge is 0.261 e. The van der Waals surface area contributed by atoms with E-state index >= 15 is 0 Å². The van der Waals surface area contributed by atoms with Crippen LogP contribution >= 0.6 is 23.4 Å². The van der Waals surface area contributed by atoms with Crippen LogP contribution in [-0.2, 0) is 4.79 Å². The summed E-state index contributed by atoms with van der Waals surface area (Å²) in [6, 6.07) is 7.03. The Hall–Kier alpha value is -0.870. The number of rotatable bonds is 3. The molecule has 0 aliphatic carbocycles. The number of benzene rings is 1. The minimum atomic E-state index is 0.0483. The molecule has 1 aromatic rings. The predicted octanol–water partition coefficient (Wildman–Crippen LogP) is 2.64. The highest BCUT2D eigenvalue weighted by molar-refractivity contribution is 7.99. The molecule has 0 spiro atoms. The average Bonchev–Trinajstić information content (AvgIpc) is 2.39. The number of carbonyl (C=O) groups excluding carboxylic acids is 1. The van der Waals surface area contributed by atoms with E-state index in [-0.39, 0.29) is 12.5 Å². The molecule has 5 heteroatoms. The Morgan fingerprint density at radius 2 is 2.18 bits per heavy atom. The van der Waals surface area contributed by atoms with Gasteiger partial charge in [-0.05, 0) is 36.4 Å². The Morgan fingerprint density at radius 1 is 1.41 bits per heavy atom. The second-order valence-corrected chi connectivity index (χ2v) is 5.30. The first kappa shape index (κ1) is 12.6. The lowest BCUT2D eigenvalue weighted by Gasteiger charge is -2.26. The molecule has 0 unspecified atom stereocenters. The molecule has 1 aliphatic heterocycles. The summed E-state index contributed by atoms with van der Waals surface area (Å²) in [6.45, 7) is 0.942. The quantitative estimate of drug-likeness (QED) is 0.846. The zero-order valence-corrected chi connectivity index (χ0v) is 11.0. The topological polar surface area (TPSA) is 29.5 Å². The van der Waals surface area contributed by atoms with Crippen LogP contribution in [0.15, 0.2) is 24.3 Å². The van der Waals surface area contributed by atoms with Crippen molar-refractivity contribution < 1.29 is 9.53 Å². The molecule has 92 valence electrons. The summed E-state index contributed by atoms with van der Waals surface area (Å²) in [7, 11) is 0. The van der Waals surface area contributed by atoms with E-state index in [0.29, 0.717) is 10.8 Å². The SMILES string of the molecule is O=C(COc1ccc(Cl)cc1)N1CCCSC1. The molecule has 0 N–H and O–H groups in total. The highest BCUT2D eigenvalue weighted by atomic mass is 35.5. The molecule has 0 radical (unpaired) electrons. The lowest BCUT2D eigenvalue weighted by atomic mass is 10.3. The van der Waals surface area contributed by atoms with Crippen LogP contribution in [0.1, 0.15) is 6.42 Å². The largest absolute Gasteiger partial charge is 0.484 e. The first-order valence-electron chi connectivity index (χ1n) is 5.49. The summed E-state index contributed by atoms with van der Waals surface area (Å²) >= 11 is 7.55. The highest BCUT2D eigenvalue weighted by Gasteiger charge is 2.16. The zero-order valence-electron chi connectivity index (χ0n) is 9.39. The van der Waals surface area contributed by atoms with Crippen LogP contribution < -0.4 is 4.74 Å². The fourth-order valence-electron chi connectivity index (χ4n) is 1.56. The monoisotopic (exact) mass is 271 g/mol. The van der Waals surface area contributed by atoms with Crippen LogP contribution in [0.25, 0.3) is 0 Å². The van der Waals surface area contributed by atoms with Gasteiger partial charge in [0.15, 0.2) is 6.61 Å². The molecule has 17 heavy (non-hydrogen) atoms. The summed E-state index contributed by atoms with van der Waals surface area (Å²) in [6.07, 6.45) is 1.07. The van der Waals surface area contributed by atoms with E-state index < -0.39 is 0 Å². The molecule has 2 rings (SSSR count). The van der Waals surface area contributed by atoms with Gasteiger partial charge in [0, 0.05) is 11.6 Å². The predicted molar refractivity (Wildman–Crippen MR) is 70.6 cm³/mol. The molecule has 1 heterocycles. The van der Waals surface area contributed by atoms with Gasteiger partial charge in [-0.25, -0.2) is 0 Å². The summed E-state index contributed by atoms with van der Waals surface area (Å²) < 4.78 is 5.42. The van der Waals surface area contributed by atoms with Gasteiger partial charge in [0.05, 0.1) is 5.88 Å². The van der Waals surface area contributed by atoms with Crippen molar-refractivity contribution in [3.8, 4) is 5.75 Å². The van der Waals surface area contributed by atoms with Crippen molar-refractivity contribution in [1.82, 2.24) is 4.90 Å². The maximum Gasteiger partial charge on any atom is 0.261 e. The number of hydrogen-bond donors (Lipinski definition) is 0. The molecule has 0 saturated carbocycles. The van der Waals surface area contributed by atoms with Gasteiger partial charge in [0.1, 0.15) is 5.75 Å². The third-order valence-electron chi connectivity index (χ3n) is 2.49. The fourth-order valence-corrected chi connectivity index (χ4v) is 2.64. The van der Waals surface area contributed by atoms with Crippen molar-refractivity contribution in [2.24, 2.45) is 0 Å². The van der Waals surface area contributed by atoms with Gasteiger partial charge < -0.3 is 9.64 Å². The third kappa shape index (κ3) is 3.82. The van der Waals surface area contributed by atoms with E-state index in [2.05, 4.69) is 0 Å². The number of thioether (sulfide) groups is 1. The van der Waals surface area contributed by atoms with Crippen molar-refractivity contribution in [1.29, 1.82) is 0 Å². The molecule has 1 fully saturated rings. The summed E-state index contributed by atoms with van der Waals surface area (Å²) in [5.41, 5.74) is 0. The number of carbonyl (C=O) groups is 1. The van der Waals surface area contributed by atoms with Gasteiger partial charge in [-0.2, -0.15) is 0 Å². The molecule has 1 aromatic carbocycles. The molecule has 1 saturated heterocycles. The van der Waals surface area contributed by atoms with Crippen molar-refractivity contribution in [3.63, 3.8) is 0 Å². The lowest BCUT2D eigenvalue weighted by molar-refractivity contribution is -0.132. The Balaban J connectivity index is 1.81. The summed E-state index contributed by atoms with van der Waals surface area (Å²) in [5.74, 6) is 2.64. The molecular weight excluding hydrogens is 258 g/mol. The highest BCUT2D eigenvalue weighted by Crippen LogP contribution is 2.17. The van der Waals surface area contributed by atoms with Gasteiger partial charge >= 0.3 is 0 Å². The number of hydrogen-bond acceptors (Lipinski definition) is 3. The van der Waals surface area contributed by atoms with Gasteiger partial charge in [0.25, 0.3) is 5.91 Å². The van der Waals surface area contributed by atoms with Crippen LogP contribution in [0, 0.1) is 0 Å². The summed E-state index contributed by atoms with van der Waals surface area (Å²) in [4.78, 5) is 13.6. The Morgan fingerprint density at radius 3 is 2.82 bits per heavy atom. The van der Waals surface area contributed by atoms with E-state index in [1.807, 2.05) is 4.90 Å². The molecule has 3 nitrogen and oxygen atoms in total. The molecule has 0 aromatic heterocycles. The van der Waals surface area contributed by atoms with E-state index in [0.717, 1.165) is 24.6 Å². The van der Waals surface area contributed by atoms with Crippen molar-refractivity contribution in [3.05, 3.63) is 29.3 Å². The van der Waals surface area contributed by atoms with E-state index in [4.69, 9.17) is 16.3 Å². The lowest BCUT2D eigenvalue weighted by Crippen LogP contribution is -2.37. The van der Waals surface area contributed by atoms with Gasteiger partial charge in [-0.3, -0.25) is 4.79 Å². The molecule has 1 amide bonds. The maximum atomic E-state index is 11.8. The molecular formula is C12H14ClNO2S. The first-order valence-corrected chi connectivity index (χ1v) is 7.03. The Kier molecular flexibility index (Phi) is 4.57. The second kappa shape index (κ2) is 6.17. The summed E-state index contributed by atoms with van der Waals surface area (Å²) in [5, 5.41) is 0.663. The number of ether oxygens (including phenoxy) is 1. The molecule has 0 atom stereocenters. The number of nitrogens with zero attached hydrogens (tertiary/aromatic N) is 1. The third-order valence-corrected chi connectivity index (χ3v) is 3.82. The minimum absolute atomic E-state index is 0.0483. The van der Waals surface area contributed by atoms with E-state index in [1.54, 1.807) is 36.0 Å². The maximum absolute atomic E-state index is 11.8. The molecule has 0 bridgehead atoms. The van der Waals surface area contributed by atoms with Crippen LogP contribution in [0.2, 0.25) is 5.02 Å². The number of amides is 1. The van der Waals surface area contributed by atoms with Gasteiger partial charge in [0.2, 0.25) is 0 Å². The van der Waals surface area contributed by atoms with E-state index in [1.165, 1.54) is 0 Å². The van der Waals surface area contributed by atoms with Crippen molar-refractivity contribution in [2.75, 3.05) is 24.8 Å². The van der Waals surface area contributed by atoms with Crippen LogP contribution in [0.3, 0.4) is 0 Å². The Bertz CT molecular complexity index is 377. The van der Waals surface area contributed by atoms with Gasteiger partial charge in [-0.1, -0.05) is 11.6 Å². The average molecular weight is 272 g/mol. The zero-order chi connectivity index (χ0) is 12.1. The fraction of sp³-hybridized carbons (Fsp3) is 0.417. The standard InChI is InChI=1S/C12H14ClNO2S/c13-10-2-4-11(5-3-10)16-8-12(15)14-6-1-7-17-9-14/h2-5H,1,6-9H2. The van der Waals surface area contributed by atoms with Crippen LogP contribution in [0.5, 0.6) is 5.75 Å². The minimum Gasteiger partial charge on any atom is -0.484 e. The van der Waals surface area contributed by atoms with Crippen molar-refractivity contribution in [2.45, 2.75) is 6.42 Å². The van der Waals surface area contributed by atoms with Crippen LogP contribution in [0.4, 0.5) is 0 Å². The Labute approximate surface area is 110 Å².